The lowest BCUT2D eigenvalue weighted by Crippen LogP contribution is -2.57. The number of carbonyl (C=O) groups excluding carboxylic acids is 4. The molecule has 24 heteroatoms. The fraction of sp³-hybridized carbons (Fsp3) is 0.469. The summed E-state index contributed by atoms with van der Waals surface area (Å²) in [7, 11) is 1.53. The Kier molecular flexibility index (Phi) is 18.4. The molecule has 1 aromatic carbocycles. The van der Waals surface area contributed by atoms with E-state index in [0.717, 1.165) is 41.0 Å². The van der Waals surface area contributed by atoms with Gasteiger partial charge in [0, 0.05) is 39.1 Å². The molecule has 6 aromatic rings. The van der Waals surface area contributed by atoms with Gasteiger partial charge >= 0.3 is 6.03 Å². The number of aliphatic hydroxyl groups is 1. The zero-order chi connectivity index (χ0) is 52.4. The highest BCUT2D eigenvalue weighted by molar-refractivity contribution is 7.13. The largest absolute Gasteiger partial charge is 0.475 e. The molecule has 0 radical (unpaired) electrons. The highest BCUT2D eigenvalue weighted by Crippen LogP contribution is 2.33. The third-order valence-electron chi connectivity index (χ3n) is 12.3. The number of carbonyl (C=O) groups is 4. The van der Waals surface area contributed by atoms with Gasteiger partial charge in [-0.1, -0.05) is 81.1 Å². The second-order valence-corrected chi connectivity index (χ2v) is 20.5. The lowest BCUT2D eigenvalue weighted by molar-refractivity contribution is -0.144. The number of anilines is 2. The molecule has 5 amide bonds. The second kappa shape index (κ2) is 24.6. The van der Waals surface area contributed by atoms with Crippen LogP contribution in [0, 0.1) is 12.3 Å². The summed E-state index contributed by atoms with van der Waals surface area (Å²) in [6.07, 6.45) is 6.49. The number of nitrogens with zero attached hydrogens (tertiary/aromatic N) is 9. The van der Waals surface area contributed by atoms with Crippen LogP contribution in [-0.2, 0) is 19.1 Å². The van der Waals surface area contributed by atoms with Crippen LogP contribution in [0.25, 0.3) is 21.9 Å². The van der Waals surface area contributed by atoms with Gasteiger partial charge in [-0.25, -0.2) is 19.3 Å². The molecule has 1 fully saturated rings. The third kappa shape index (κ3) is 13.9. The van der Waals surface area contributed by atoms with E-state index in [2.05, 4.69) is 56.8 Å². The summed E-state index contributed by atoms with van der Waals surface area (Å²) >= 11 is 14.3. The summed E-state index contributed by atoms with van der Waals surface area (Å²) in [5.41, 5.74) is 5.56. The van der Waals surface area contributed by atoms with Crippen molar-refractivity contribution in [2.24, 2.45) is 5.41 Å². The first-order valence-electron chi connectivity index (χ1n) is 24.1. The highest BCUT2D eigenvalue weighted by atomic mass is 35.5. The number of aryl methyl sites for hydroxylation is 1. The number of unbranched alkanes of at least 4 members (excludes halogenated alkanes) is 3. The van der Waals surface area contributed by atoms with Crippen LogP contribution >= 0.6 is 34.5 Å². The standard InChI is InChI=1S/C49H62Cl2N14O7S/c1-28(31-13-15-32(16-14-31)42-29(2)54-27-73-42)57-45(68)37-22-33(66)26-63(37)47(69)43(49(4,5)6)60-40(67)12-10-8-9-11-17-52-20-21-72-46-35(23-34(50)44(61-46)65-55-18-19-56-65)58-48(70)59-36-25-53-39-24-38(51)62-64(39)41(36)30(3)71-7/h13-16,18-19,23-25,27-28,30,33,37,43,52,66H,8-12,17,20-22,26H2,1-7H3,(H,57,68)(H,60,67)(H2,58,59,70)/t28-,30-,33+,37-,43+/m0/s1. The molecule has 6 N–H and O–H groups in total. The van der Waals surface area contributed by atoms with Crippen molar-refractivity contribution in [2.45, 2.75) is 110 Å². The summed E-state index contributed by atoms with van der Waals surface area (Å²) in [4.78, 5) is 71.6. The van der Waals surface area contributed by atoms with Crippen LogP contribution in [0.4, 0.5) is 16.2 Å². The number of urea groups is 1. The first kappa shape index (κ1) is 54.5. The molecule has 7 rings (SSSR count). The number of nitrogens with one attached hydrogen (secondary N) is 5. The smallest absolute Gasteiger partial charge is 0.323 e. The minimum atomic E-state index is -0.909. The van der Waals surface area contributed by atoms with Crippen molar-refractivity contribution in [3.63, 3.8) is 0 Å². The number of rotatable bonds is 22. The molecule has 1 aliphatic rings. The van der Waals surface area contributed by atoms with Crippen LogP contribution < -0.4 is 31.3 Å². The van der Waals surface area contributed by atoms with Gasteiger partial charge < -0.3 is 46.1 Å². The molecule has 1 saturated heterocycles. The number of aliphatic hydroxyl groups excluding tert-OH is 1. The van der Waals surface area contributed by atoms with Gasteiger partial charge in [-0.15, -0.1) is 16.1 Å². The van der Waals surface area contributed by atoms with E-state index in [1.54, 1.807) is 24.3 Å². The summed E-state index contributed by atoms with van der Waals surface area (Å²) in [6, 6.07) is 8.24. The zero-order valence-corrected chi connectivity index (χ0v) is 44.1. The van der Waals surface area contributed by atoms with E-state index >= 15 is 0 Å². The van der Waals surface area contributed by atoms with Crippen molar-refractivity contribution in [1.82, 2.24) is 60.4 Å². The molecule has 73 heavy (non-hydrogen) atoms. The number of benzene rings is 1. The maximum Gasteiger partial charge on any atom is 0.323 e. The predicted octanol–water partition coefficient (Wildman–Crippen LogP) is 7.08. The summed E-state index contributed by atoms with van der Waals surface area (Å²) < 4.78 is 13.1. The first-order chi connectivity index (χ1) is 34.9. The van der Waals surface area contributed by atoms with E-state index in [4.69, 9.17) is 32.7 Å². The van der Waals surface area contributed by atoms with E-state index in [9.17, 15) is 24.3 Å². The van der Waals surface area contributed by atoms with E-state index in [1.807, 2.05) is 64.4 Å². The third-order valence-corrected chi connectivity index (χ3v) is 13.8. The Hall–Kier alpha value is -6.30. The number of aromatic nitrogens is 8. The molecule has 6 heterocycles. The lowest BCUT2D eigenvalue weighted by atomic mass is 9.85. The quantitative estimate of drug-likeness (QED) is 0.0372. The molecule has 1 aliphatic heterocycles. The normalized spacial score (nSPS) is 16.0. The molecular weight excluding hydrogens is 1000 g/mol. The Labute approximate surface area is 437 Å². The zero-order valence-electron chi connectivity index (χ0n) is 41.8. The number of hydrogen-bond acceptors (Lipinski definition) is 15. The van der Waals surface area contributed by atoms with E-state index in [1.165, 1.54) is 46.0 Å². The maximum atomic E-state index is 14.1. The number of β-amino-alcohol motifs (C(OH)–C–C–N with tert-alkyl or cyclic N) is 1. The molecule has 0 saturated carbocycles. The van der Waals surface area contributed by atoms with Gasteiger partial charge in [-0.05, 0) is 62.8 Å². The Morgan fingerprint density at radius 2 is 1.67 bits per heavy atom. The number of halogens is 2. The topological polar surface area (TPSA) is 257 Å². The number of amides is 5. The summed E-state index contributed by atoms with van der Waals surface area (Å²) in [5.74, 6) is -0.746. The van der Waals surface area contributed by atoms with Crippen molar-refractivity contribution >= 4 is 75.3 Å². The van der Waals surface area contributed by atoms with Crippen molar-refractivity contribution in [3.05, 3.63) is 87.6 Å². The monoisotopic (exact) mass is 1060 g/mol. The van der Waals surface area contributed by atoms with Crippen molar-refractivity contribution in [1.29, 1.82) is 0 Å². The number of likely N-dealkylation sites (tertiary alicyclic amines) is 1. The van der Waals surface area contributed by atoms with Gasteiger partial charge in [-0.2, -0.15) is 20.3 Å². The van der Waals surface area contributed by atoms with Gasteiger partial charge in [0.1, 0.15) is 24.4 Å². The van der Waals surface area contributed by atoms with Crippen LogP contribution in [0.3, 0.4) is 0 Å². The number of hydrogen-bond donors (Lipinski definition) is 6. The molecule has 0 spiro atoms. The highest BCUT2D eigenvalue weighted by Gasteiger charge is 2.44. The lowest BCUT2D eigenvalue weighted by Gasteiger charge is -2.35. The van der Waals surface area contributed by atoms with Gasteiger partial charge in [0.2, 0.25) is 23.6 Å². The minimum absolute atomic E-state index is 0.00632. The molecule has 0 unspecified atom stereocenters. The molecular formula is C49H62Cl2N14O7S. The Bertz CT molecular complexity index is 2860. The van der Waals surface area contributed by atoms with E-state index in [0.29, 0.717) is 36.5 Å². The molecule has 0 aliphatic carbocycles. The van der Waals surface area contributed by atoms with Crippen molar-refractivity contribution in [2.75, 3.05) is 44.0 Å². The maximum absolute atomic E-state index is 14.1. The Morgan fingerprint density at radius 1 is 0.945 bits per heavy atom. The number of ether oxygens (including phenoxy) is 2. The van der Waals surface area contributed by atoms with E-state index < -0.39 is 41.6 Å². The first-order valence-corrected chi connectivity index (χ1v) is 25.7. The number of methoxy groups -OCH3 is 1. The van der Waals surface area contributed by atoms with Crippen LogP contribution in [0.2, 0.25) is 10.2 Å². The fourth-order valence-corrected chi connectivity index (χ4v) is 9.62. The number of fused-ring (bicyclic) bond motifs is 1. The SMILES string of the molecule is CO[C@@H](C)c1c(NC(=O)Nc2cc(Cl)c(-n3nccn3)nc2OCCNCCCCCCC(=O)N[C@H](C(=O)N2C[C@H](O)C[C@H]2C(=O)N[C@@H](C)c2ccc(-c3scnc3C)cc2)C(C)(C)C)cnc2cc(Cl)nn12. The average molecular weight is 1060 g/mol. The number of pyridine rings is 1. The summed E-state index contributed by atoms with van der Waals surface area (Å²) in [5, 5.41) is 38.5. The van der Waals surface area contributed by atoms with Crippen molar-refractivity contribution in [3.8, 4) is 22.1 Å². The van der Waals surface area contributed by atoms with Gasteiger partial charge in [0.05, 0.1) is 69.3 Å². The molecule has 5 aromatic heterocycles. The van der Waals surface area contributed by atoms with Crippen molar-refractivity contribution < 1.29 is 33.8 Å². The predicted molar refractivity (Wildman–Crippen MR) is 278 cm³/mol. The summed E-state index contributed by atoms with van der Waals surface area (Å²) in [6.45, 7) is 12.6. The van der Waals surface area contributed by atoms with Crippen LogP contribution in [0.5, 0.6) is 5.88 Å². The second-order valence-electron chi connectivity index (χ2n) is 18.9. The molecule has 0 bridgehead atoms. The van der Waals surface area contributed by atoms with E-state index in [-0.39, 0.29) is 71.4 Å². The minimum Gasteiger partial charge on any atom is -0.475 e. The molecule has 21 nitrogen and oxygen atoms in total. The average Bonchev–Trinajstić information content (AvgIpc) is 4.19. The number of thiazole rings is 1. The van der Waals surface area contributed by atoms with Crippen LogP contribution in [-0.4, -0.2) is 125 Å². The molecule has 390 valence electrons. The van der Waals surface area contributed by atoms with Gasteiger partial charge in [0.15, 0.2) is 16.6 Å². The van der Waals surface area contributed by atoms with Crippen LogP contribution in [0.15, 0.2) is 60.5 Å². The fourth-order valence-electron chi connectivity index (χ4n) is 8.41. The van der Waals surface area contributed by atoms with Gasteiger partial charge in [0.25, 0.3) is 0 Å². The van der Waals surface area contributed by atoms with Gasteiger partial charge in [-0.3, -0.25) is 14.4 Å². The molecule has 5 atom stereocenters. The Morgan fingerprint density at radius 3 is 2.37 bits per heavy atom. The van der Waals surface area contributed by atoms with Crippen LogP contribution in [0.1, 0.15) is 102 Å². The Balaban J connectivity index is 0.848.